The van der Waals surface area contributed by atoms with Gasteiger partial charge < -0.3 is 10.4 Å². The number of aromatic hydroxyl groups is 1. The van der Waals surface area contributed by atoms with Crippen LogP contribution in [0.25, 0.3) is 22.6 Å². The molecule has 1 aromatic carbocycles. The van der Waals surface area contributed by atoms with Crippen molar-refractivity contribution in [3.8, 4) is 28.4 Å². The molecule has 1 aliphatic rings. The van der Waals surface area contributed by atoms with Crippen molar-refractivity contribution in [1.82, 2.24) is 35.4 Å². The number of hydrogen-bond donors (Lipinski definition) is 7. The van der Waals surface area contributed by atoms with E-state index in [2.05, 4.69) is 99.1 Å². The number of anilines is 1. The van der Waals surface area contributed by atoms with Gasteiger partial charge in [-0.25, -0.2) is 4.98 Å². The number of hydrogen-bond acceptors (Lipinski definition) is 13. The second-order valence-electron chi connectivity index (χ2n) is 6.18. The smallest absolute Gasteiger partial charge is 0.243 e. The Morgan fingerprint density at radius 2 is 1.75 bits per heavy atom. The molecule has 14 heteroatoms. The first kappa shape index (κ1) is 19.9. The van der Waals surface area contributed by atoms with Gasteiger partial charge in [-0.2, -0.15) is 55.3 Å². The monoisotopic (exact) mass is 470 g/mol. The van der Waals surface area contributed by atoms with Gasteiger partial charge in [-0.1, -0.05) is 6.07 Å². The van der Waals surface area contributed by atoms with Crippen LogP contribution >= 0.6 is 63.1 Å². The standard InChI is InChI=1S/C14H14N8OS5/c1-22-20-10(18-21-22)6-2-3-7(9(23)4-6)8-5-15-11(19-17-8)16-12(24)13(25,26)14(12,27)28/h2-5,23-28H,1H3,(H,15,16,19). The lowest BCUT2D eigenvalue weighted by molar-refractivity contribution is 0.477. The van der Waals surface area contributed by atoms with E-state index in [0.717, 1.165) is 0 Å². The van der Waals surface area contributed by atoms with Gasteiger partial charge in [0.15, 0.2) is 0 Å². The molecule has 0 radical (unpaired) electrons. The van der Waals surface area contributed by atoms with E-state index in [-0.39, 0.29) is 11.7 Å². The third kappa shape index (κ3) is 2.93. The maximum absolute atomic E-state index is 10.4. The average molecular weight is 471 g/mol. The summed E-state index contributed by atoms with van der Waals surface area (Å²) in [7, 11) is 1.66. The highest BCUT2D eigenvalue weighted by atomic mass is 32.2. The number of thiol groups is 5. The summed E-state index contributed by atoms with van der Waals surface area (Å²) in [6, 6.07) is 4.96. The van der Waals surface area contributed by atoms with Gasteiger partial charge in [-0.3, -0.25) is 0 Å². The van der Waals surface area contributed by atoms with Gasteiger partial charge in [0, 0.05) is 11.1 Å². The van der Waals surface area contributed by atoms with Crippen molar-refractivity contribution in [1.29, 1.82) is 0 Å². The summed E-state index contributed by atoms with van der Waals surface area (Å²) in [4.78, 5) is 4.59. The topological polar surface area (TPSA) is 115 Å². The van der Waals surface area contributed by atoms with Crippen LogP contribution < -0.4 is 5.32 Å². The Labute approximate surface area is 187 Å². The molecule has 0 aliphatic heterocycles. The van der Waals surface area contributed by atoms with Crippen molar-refractivity contribution in [3.63, 3.8) is 0 Å². The van der Waals surface area contributed by atoms with Gasteiger partial charge in [-0.05, 0) is 17.3 Å². The van der Waals surface area contributed by atoms with Gasteiger partial charge in [0.05, 0.1) is 13.2 Å². The predicted molar refractivity (Wildman–Crippen MR) is 121 cm³/mol. The summed E-state index contributed by atoms with van der Waals surface area (Å²) in [5.74, 6) is 0.598. The molecule has 2 heterocycles. The Morgan fingerprint density at radius 3 is 2.25 bits per heavy atom. The van der Waals surface area contributed by atoms with Crippen LogP contribution in [0.2, 0.25) is 0 Å². The van der Waals surface area contributed by atoms with Crippen LogP contribution in [0.15, 0.2) is 24.4 Å². The third-order valence-electron chi connectivity index (χ3n) is 4.33. The van der Waals surface area contributed by atoms with Gasteiger partial charge in [0.2, 0.25) is 11.8 Å². The molecule has 3 aromatic rings. The maximum Gasteiger partial charge on any atom is 0.243 e. The molecule has 0 atom stereocenters. The van der Waals surface area contributed by atoms with Gasteiger partial charge in [0.1, 0.15) is 24.5 Å². The quantitative estimate of drug-likeness (QED) is 0.227. The first-order chi connectivity index (χ1) is 13.1. The van der Waals surface area contributed by atoms with E-state index in [1.54, 1.807) is 19.2 Å². The molecular weight excluding hydrogens is 457 g/mol. The Morgan fingerprint density at radius 1 is 1.04 bits per heavy atom. The molecule has 1 aliphatic carbocycles. The second kappa shape index (κ2) is 6.58. The van der Waals surface area contributed by atoms with Crippen LogP contribution in [-0.4, -0.2) is 53.5 Å². The van der Waals surface area contributed by atoms with Crippen LogP contribution in [0.3, 0.4) is 0 Å². The zero-order valence-corrected chi connectivity index (χ0v) is 18.6. The molecule has 2 aromatic heterocycles. The molecule has 9 nitrogen and oxygen atoms in total. The number of aryl methyl sites for hydroxylation is 1. The predicted octanol–water partition coefficient (Wildman–Crippen LogP) is 1.60. The van der Waals surface area contributed by atoms with E-state index < -0.39 is 13.0 Å². The van der Waals surface area contributed by atoms with Crippen molar-refractivity contribution < 1.29 is 5.11 Å². The molecule has 1 saturated carbocycles. The van der Waals surface area contributed by atoms with Crippen molar-refractivity contribution >= 4 is 69.1 Å². The molecule has 1 fully saturated rings. The van der Waals surface area contributed by atoms with E-state index in [1.165, 1.54) is 17.1 Å². The lowest BCUT2D eigenvalue weighted by atomic mass is 10.1. The number of phenolic OH excluding ortho intramolecular Hbond substituents is 1. The van der Waals surface area contributed by atoms with Crippen molar-refractivity contribution in [3.05, 3.63) is 24.4 Å². The number of rotatable bonds is 4. The minimum absolute atomic E-state index is 0.0101. The number of aromatic nitrogens is 7. The Bertz CT molecular complexity index is 1040. The van der Waals surface area contributed by atoms with E-state index in [4.69, 9.17) is 0 Å². The summed E-state index contributed by atoms with van der Waals surface area (Å²) in [6.07, 6.45) is 1.47. The minimum Gasteiger partial charge on any atom is -0.507 e. The minimum atomic E-state index is -0.963. The van der Waals surface area contributed by atoms with Crippen LogP contribution in [-0.2, 0) is 7.05 Å². The Hall–Kier alpha value is -1.35. The highest BCUT2D eigenvalue weighted by Gasteiger charge is 2.81. The zero-order valence-electron chi connectivity index (χ0n) is 14.1. The molecule has 28 heavy (non-hydrogen) atoms. The van der Waals surface area contributed by atoms with E-state index in [9.17, 15) is 5.11 Å². The molecule has 0 bridgehead atoms. The highest BCUT2D eigenvalue weighted by Crippen LogP contribution is 2.73. The van der Waals surface area contributed by atoms with Crippen molar-refractivity contribution in [2.45, 2.75) is 13.0 Å². The summed E-state index contributed by atoms with van der Waals surface area (Å²) < 4.78 is -1.81. The number of nitrogens with one attached hydrogen (secondary N) is 1. The van der Waals surface area contributed by atoms with Crippen LogP contribution in [0.5, 0.6) is 5.75 Å². The Kier molecular flexibility index (Phi) is 4.69. The fourth-order valence-electron chi connectivity index (χ4n) is 2.56. The van der Waals surface area contributed by atoms with Crippen LogP contribution in [0.1, 0.15) is 0 Å². The van der Waals surface area contributed by atoms with E-state index in [1.807, 2.05) is 0 Å². The third-order valence-corrected chi connectivity index (χ3v) is 9.20. The molecule has 146 valence electrons. The molecule has 0 spiro atoms. The number of benzene rings is 1. The summed E-state index contributed by atoms with van der Waals surface area (Å²) >= 11 is 22.1. The van der Waals surface area contributed by atoms with Crippen LogP contribution in [0.4, 0.5) is 5.95 Å². The Balaban J connectivity index is 1.56. The first-order valence-corrected chi connectivity index (χ1v) is 9.98. The van der Waals surface area contributed by atoms with Gasteiger partial charge in [-0.15, -0.1) is 33.0 Å². The van der Waals surface area contributed by atoms with Crippen LogP contribution in [0, 0.1) is 0 Å². The van der Waals surface area contributed by atoms with E-state index in [0.29, 0.717) is 22.6 Å². The molecule has 0 amide bonds. The zero-order chi connectivity index (χ0) is 20.3. The number of nitrogens with zero attached hydrogens (tertiary/aromatic N) is 7. The summed E-state index contributed by atoms with van der Waals surface area (Å²) in [5, 5.41) is 33.3. The lowest BCUT2D eigenvalue weighted by Gasteiger charge is -2.14. The SMILES string of the molecule is Cn1nnc(-c2ccc(-c3cnc(NC4(S)C(S)(S)C4(S)S)nn3)c(O)c2)n1. The first-order valence-electron chi connectivity index (χ1n) is 7.74. The summed E-state index contributed by atoms with van der Waals surface area (Å²) in [5.41, 5.74) is 1.47. The fraction of sp³-hybridized carbons (Fsp3) is 0.286. The maximum atomic E-state index is 10.4. The normalized spacial score (nSPS) is 18.6. The lowest BCUT2D eigenvalue weighted by Crippen LogP contribution is -2.25. The van der Waals surface area contributed by atoms with Crippen molar-refractivity contribution in [2.24, 2.45) is 7.05 Å². The van der Waals surface area contributed by atoms with Gasteiger partial charge >= 0.3 is 0 Å². The van der Waals surface area contributed by atoms with Crippen molar-refractivity contribution in [2.75, 3.05) is 5.32 Å². The average Bonchev–Trinajstić information content (AvgIpc) is 2.98. The second-order valence-corrected chi connectivity index (χ2v) is 10.2. The largest absolute Gasteiger partial charge is 0.507 e. The molecule has 0 saturated heterocycles. The summed E-state index contributed by atoms with van der Waals surface area (Å²) in [6.45, 7) is 0. The van der Waals surface area contributed by atoms with Gasteiger partial charge in [0.25, 0.3) is 0 Å². The highest BCUT2D eigenvalue weighted by molar-refractivity contribution is 8.13. The molecule has 2 N–H and O–H groups in total. The van der Waals surface area contributed by atoms with E-state index >= 15 is 0 Å². The molecular formula is C14H14N8OS5. The molecule has 0 unspecified atom stereocenters. The fourth-order valence-corrected chi connectivity index (χ4v) is 4.99. The number of phenols is 1. The molecule has 4 rings (SSSR count). The number of tetrazole rings is 1.